The van der Waals surface area contributed by atoms with Crippen molar-refractivity contribution in [3.63, 3.8) is 0 Å². The van der Waals surface area contributed by atoms with Gasteiger partial charge in [-0.25, -0.2) is 4.79 Å². The number of carbonyl (C=O) groups excluding carboxylic acids is 1. The minimum Gasteiger partial charge on any atom is -0.444 e. The number of alkyl carbamates (subject to hydrolysis) is 1. The fourth-order valence-electron chi connectivity index (χ4n) is 1.06. The van der Waals surface area contributed by atoms with Gasteiger partial charge in [0.25, 0.3) is 0 Å². The molecular weight excluding hydrogens is 208 g/mol. The molecule has 0 aliphatic heterocycles. The van der Waals surface area contributed by atoms with Crippen molar-refractivity contribution >= 4 is 6.09 Å². The van der Waals surface area contributed by atoms with Crippen LogP contribution in [0.25, 0.3) is 0 Å². The highest BCUT2D eigenvalue weighted by Gasteiger charge is 2.15. The van der Waals surface area contributed by atoms with Crippen molar-refractivity contribution in [3.05, 3.63) is 0 Å². The van der Waals surface area contributed by atoms with Crippen LogP contribution in [0.2, 0.25) is 0 Å². The van der Waals surface area contributed by atoms with E-state index in [-0.39, 0.29) is 6.23 Å². The van der Waals surface area contributed by atoms with Crippen LogP contribution in [0.5, 0.6) is 0 Å². The highest BCUT2D eigenvalue weighted by Crippen LogP contribution is 2.05. The van der Waals surface area contributed by atoms with E-state index in [1.807, 2.05) is 34.6 Å². The van der Waals surface area contributed by atoms with E-state index in [9.17, 15) is 4.79 Å². The summed E-state index contributed by atoms with van der Waals surface area (Å²) in [6.07, 6.45) is -0.385. The Bertz CT molecular complexity index is 202. The summed E-state index contributed by atoms with van der Waals surface area (Å²) in [5.41, 5.74) is -0.448. The van der Waals surface area contributed by atoms with Crippen LogP contribution < -0.4 is 10.6 Å². The van der Waals surface area contributed by atoms with E-state index < -0.39 is 11.7 Å². The standard InChI is InChI=1S/C11H24N2O3/c1-6-15-9(2)12-7-8-13-10(14)16-11(3,4)5/h9,12H,6-8H2,1-5H3,(H,13,14). The van der Waals surface area contributed by atoms with E-state index in [0.29, 0.717) is 19.7 Å². The molecule has 0 fully saturated rings. The number of hydrogen-bond acceptors (Lipinski definition) is 4. The van der Waals surface area contributed by atoms with E-state index in [0.717, 1.165) is 0 Å². The Hall–Kier alpha value is -0.810. The van der Waals surface area contributed by atoms with Crippen molar-refractivity contribution in [1.82, 2.24) is 10.6 Å². The third-order valence-electron chi connectivity index (χ3n) is 1.64. The van der Waals surface area contributed by atoms with Gasteiger partial charge in [0.15, 0.2) is 0 Å². The second-order valence-electron chi connectivity index (χ2n) is 4.48. The molecule has 0 bridgehead atoms. The Balaban J connectivity index is 3.48. The molecule has 0 saturated carbocycles. The quantitative estimate of drug-likeness (QED) is 0.538. The van der Waals surface area contributed by atoms with E-state index in [4.69, 9.17) is 9.47 Å². The molecule has 0 aromatic heterocycles. The lowest BCUT2D eigenvalue weighted by molar-refractivity contribution is 0.0468. The van der Waals surface area contributed by atoms with Gasteiger partial charge in [-0.2, -0.15) is 0 Å². The lowest BCUT2D eigenvalue weighted by Crippen LogP contribution is -2.39. The predicted molar refractivity (Wildman–Crippen MR) is 63.3 cm³/mol. The van der Waals surface area contributed by atoms with Crippen LogP contribution in [-0.4, -0.2) is 37.6 Å². The molecule has 0 aliphatic carbocycles. The number of amides is 1. The molecule has 5 heteroatoms. The Morgan fingerprint density at radius 2 is 1.94 bits per heavy atom. The molecule has 0 spiro atoms. The van der Waals surface area contributed by atoms with Crippen LogP contribution in [0, 0.1) is 0 Å². The average molecular weight is 232 g/mol. The number of nitrogens with one attached hydrogen (secondary N) is 2. The summed E-state index contributed by atoms with van der Waals surface area (Å²) < 4.78 is 10.4. The second-order valence-corrected chi connectivity index (χ2v) is 4.48. The molecule has 0 saturated heterocycles. The molecule has 0 aromatic carbocycles. The molecule has 16 heavy (non-hydrogen) atoms. The molecule has 0 heterocycles. The van der Waals surface area contributed by atoms with Crippen LogP contribution in [-0.2, 0) is 9.47 Å². The lowest BCUT2D eigenvalue weighted by atomic mass is 10.2. The first-order valence-corrected chi connectivity index (χ1v) is 5.67. The zero-order valence-electron chi connectivity index (χ0n) is 10.9. The topological polar surface area (TPSA) is 59.6 Å². The van der Waals surface area contributed by atoms with Gasteiger partial charge in [-0.15, -0.1) is 0 Å². The van der Waals surface area contributed by atoms with E-state index >= 15 is 0 Å². The molecule has 2 N–H and O–H groups in total. The summed E-state index contributed by atoms with van der Waals surface area (Å²) in [6, 6.07) is 0. The molecule has 0 rings (SSSR count). The maximum absolute atomic E-state index is 11.2. The Labute approximate surface area is 97.9 Å². The number of ether oxygens (including phenoxy) is 2. The molecule has 1 atom stereocenters. The summed E-state index contributed by atoms with van der Waals surface area (Å²) in [4.78, 5) is 11.2. The molecule has 1 amide bonds. The monoisotopic (exact) mass is 232 g/mol. The second kappa shape index (κ2) is 7.46. The summed E-state index contributed by atoms with van der Waals surface area (Å²) in [5.74, 6) is 0. The van der Waals surface area contributed by atoms with Gasteiger partial charge < -0.3 is 14.8 Å². The van der Waals surface area contributed by atoms with E-state index in [2.05, 4.69) is 10.6 Å². The van der Waals surface area contributed by atoms with Gasteiger partial charge in [-0.3, -0.25) is 5.32 Å². The maximum Gasteiger partial charge on any atom is 0.407 e. The third-order valence-corrected chi connectivity index (χ3v) is 1.64. The van der Waals surface area contributed by atoms with Gasteiger partial charge >= 0.3 is 6.09 Å². The minimum atomic E-state index is -0.448. The third kappa shape index (κ3) is 9.73. The first kappa shape index (κ1) is 15.2. The zero-order chi connectivity index (χ0) is 12.6. The van der Waals surface area contributed by atoms with Gasteiger partial charge in [0.1, 0.15) is 11.8 Å². The highest BCUT2D eigenvalue weighted by molar-refractivity contribution is 5.67. The van der Waals surface area contributed by atoms with Gasteiger partial charge in [-0.05, 0) is 34.6 Å². The Kier molecular flexibility index (Phi) is 7.08. The zero-order valence-corrected chi connectivity index (χ0v) is 10.9. The first-order valence-electron chi connectivity index (χ1n) is 5.67. The fraction of sp³-hybridized carbons (Fsp3) is 0.909. The number of carbonyl (C=O) groups is 1. The van der Waals surface area contributed by atoms with Crippen LogP contribution in [0.15, 0.2) is 0 Å². The van der Waals surface area contributed by atoms with Gasteiger partial charge in [0.05, 0.1) is 0 Å². The Morgan fingerprint density at radius 3 is 2.44 bits per heavy atom. The number of hydrogen-bond donors (Lipinski definition) is 2. The van der Waals surface area contributed by atoms with Crippen molar-refractivity contribution in [2.75, 3.05) is 19.7 Å². The fourth-order valence-corrected chi connectivity index (χ4v) is 1.06. The average Bonchev–Trinajstić information content (AvgIpc) is 2.10. The molecule has 1 unspecified atom stereocenters. The van der Waals surface area contributed by atoms with Crippen molar-refractivity contribution in [2.24, 2.45) is 0 Å². The van der Waals surface area contributed by atoms with Crippen molar-refractivity contribution in [3.8, 4) is 0 Å². The molecule has 0 radical (unpaired) electrons. The normalized spacial score (nSPS) is 13.3. The van der Waals surface area contributed by atoms with Crippen LogP contribution in [0.3, 0.4) is 0 Å². The summed E-state index contributed by atoms with van der Waals surface area (Å²) in [6.45, 7) is 11.2. The molecule has 0 aromatic rings. The predicted octanol–water partition coefficient (Wildman–Crippen LogP) is 1.48. The van der Waals surface area contributed by atoms with E-state index in [1.54, 1.807) is 0 Å². The van der Waals surface area contributed by atoms with Gasteiger partial charge in [0, 0.05) is 19.7 Å². The molecule has 5 nitrogen and oxygen atoms in total. The summed E-state index contributed by atoms with van der Waals surface area (Å²) in [5, 5.41) is 5.77. The first-order chi connectivity index (χ1) is 7.35. The van der Waals surface area contributed by atoms with Crippen molar-refractivity contribution in [1.29, 1.82) is 0 Å². The van der Waals surface area contributed by atoms with Gasteiger partial charge in [0.2, 0.25) is 0 Å². The SMILES string of the molecule is CCOC(C)NCCNC(=O)OC(C)(C)C. The smallest absolute Gasteiger partial charge is 0.407 e. The Morgan fingerprint density at radius 1 is 1.31 bits per heavy atom. The van der Waals surface area contributed by atoms with Crippen molar-refractivity contribution < 1.29 is 14.3 Å². The van der Waals surface area contributed by atoms with E-state index in [1.165, 1.54) is 0 Å². The minimum absolute atomic E-state index is 0.00503. The molecule has 0 aliphatic rings. The van der Waals surface area contributed by atoms with Crippen LogP contribution >= 0.6 is 0 Å². The lowest BCUT2D eigenvalue weighted by Gasteiger charge is -2.20. The molecule has 96 valence electrons. The largest absolute Gasteiger partial charge is 0.444 e. The molecular formula is C11H24N2O3. The summed E-state index contributed by atoms with van der Waals surface area (Å²) >= 11 is 0. The maximum atomic E-state index is 11.2. The summed E-state index contributed by atoms with van der Waals surface area (Å²) in [7, 11) is 0. The van der Waals surface area contributed by atoms with Crippen LogP contribution in [0.1, 0.15) is 34.6 Å². The van der Waals surface area contributed by atoms with Gasteiger partial charge in [-0.1, -0.05) is 0 Å². The van der Waals surface area contributed by atoms with Crippen molar-refractivity contribution in [2.45, 2.75) is 46.4 Å². The highest BCUT2D eigenvalue weighted by atomic mass is 16.6. The number of rotatable bonds is 6. The van der Waals surface area contributed by atoms with Crippen LogP contribution in [0.4, 0.5) is 4.79 Å².